The Bertz CT molecular complexity index is 586. The zero-order valence-corrected chi connectivity index (χ0v) is 11.5. The number of aromatic nitrogens is 2. The Labute approximate surface area is 113 Å². The number of halogens is 1. The van der Waals surface area contributed by atoms with E-state index in [0.717, 1.165) is 16.5 Å². The van der Waals surface area contributed by atoms with E-state index in [1.807, 2.05) is 13.0 Å². The van der Waals surface area contributed by atoms with E-state index < -0.39 is 11.9 Å². The minimum absolute atomic E-state index is 0.519. The molecule has 2 aromatic heterocycles. The smallest absolute Gasteiger partial charge is 0.311 e. The predicted octanol–water partition coefficient (Wildman–Crippen LogP) is 3.36. The summed E-state index contributed by atoms with van der Waals surface area (Å²) in [5.74, 6) is -1.33. The molecular weight excluding hydrogens is 296 g/mol. The van der Waals surface area contributed by atoms with Gasteiger partial charge in [-0.2, -0.15) is 0 Å². The molecule has 5 heteroatoms. The van der Waals surface area contributed by atoms with Crippen molar-refractivity contribution < 1.29 is 9.90 Å². The summed E-state index contributed by atoms with van der Waals surface area (Å²) in [6, 6.07) is 3.59. The highest BCUT2D eigenvalue weighted by molar-refractivity contribution is 9.10. The fraction of sp³-hybridized carbons (Fsp3) is 0.308. The minimum Gasteiger partial charge on any atom is -0.481 e. The van der Waals surface area contributed by atoms with Crippen LogP contribution in [0.5, 0.6) is 0 Å². The number of hydrogen-bond donors (Lipinski definition) is 1. The van der Waals surface area contributed by atoms with Crippen molar-refractivity contribution >= 4 is 32.9 Å². The van der Waals surface area contributed by atoms with Crippen molar-refractivity contribution in [2.75, 3.05) is 0 Å². The predicted molar refractivity (Wildman–Crippen MR) is 72.5 cm³/mol. The van der Waals surface area contributed by atoms with Gasteiger partial charge in [-0.3, -0.25) is 14.8 Å². The number of pyridine rings is 2. The first-order valence-electron chi connectivity index (χ1n) is 5.76. The van der Waals surface area contributed by atoms with Crippen LogP contribution in [-0.4, -0.2) is 21.0 Å². The first-order valence-corrected chi connectivity index (χ1v) is 6.55. The van der Waals surface area contributed by atoms with Crippen LogP contribution in [-0.2, 0) is 4.79 Å². The van der Waals surface area contributed by atoms with Gasteiger partial charge >= 0.3 is 5.97 Å². The summed E-state index contributed by atoms with van der Waals surface area (Å²) in [6.07, 6.45) is 4.72. The molecule has 18 heavy (non-hydrogen) atoms. The van der Waals surface area contributed by atoms with Gasteiger partial charge in [0.1, 0.15) is 0 Å². The van der Waals surface area contributed by atoms with E-state index in [9.17, 15) is 9.90 Å². The fourth-order valence-electron chi connectivity index (χ4n) is 2.01. The van der Waals surface area contributed by atoms with Gasteiger partial charge in [0.05, 0.1) is 17.0 Å². The van der Waals surface area contributed by atoms with Gasteiger partial charge in [-0.15, -0.1) is 0 Å². The number of rotatable bonds is 4. The molecule has 0 saturated heterocycles. The van der Waals surface area contributed by atoms with Gasteiger partial charge in [0, 0.05) is 16.9 Å². The average molecular weight is 309 g/mol. The number of nitrogens with zero attached hydrogens (tertiary/aromatic N) is 2. The molecule has 2 rings (SSSR count). The lowest BCUT2D eigenvalue weighted by Crippen LogP contribution is -2.12. The van der Waals surface area contributed by atoms with Crippen molar-refractivity contribution in [3.8, 4) is 0 Å². The van der Waals surface area contributed by atoms with Crippen LogP contribution < -0.4 is 0 Å². The lowest BCUT2D eigenvalue weighted by molar-refractivity contribution is -0.138. The molecule has 0 fully saturated rings. The van der Waals surface area contributed by atoms with Gasteiger partial charge < -0.3 is 5.11 Å². The van der Waals surface area contributed by atoms with Crippen LogP contribution in [0.25, 0.3) is 11.0 Å². The molecule has 0 amide bonds. The average Bonchev–Trinajstić information content (AvgIpc) is 2.34. The van der Waals surface area contributed by atoms with Crippen LogP contribution in [0.1, 0.15) is 31.2 Å². The van der Waals surface area contributed by atoms with Crippen LogP contribution in [0.3, 0.4) is 0 Å². The molecule has 1 atom stereocenters. The summed E-state index contributed by atoms with van der Waals surface area (Å²) in [6.45, 7) is 1.98. The Kier molecular flexibility index (Phi) is 3.91. The third-order valence-corrected chi connectivity index (χ3v) is 3.26. The van der Waals surface area contributed by atoms with Crippen LogP contribution >= 0.6 is 15.9 Å². The molecule has 0 aliphatic rings. The molecular formula is C13H13BrN2O2. The maximum Gasteiger partial charge on any atom is 0.311 e. The van der Waals surface area contributed by atoms with E-state index in [1.165, 1.54) is 0 Å². The van der Waals surface area contributed by atoms with Crippen molar-refractivity contribution in [2.45, 2.75) is 25.7 Å². The molecule has 0 spiro atoms. The van der Waals surface area contributed by atoms with Crippen molar-refractivity contribution in [2.24, 2.45) is 0 Å². The summed E-state index contributed by atoms with van der Waals surface area (Å²) >= 11 is 3.33. The molecule has 1 unspecified atom stereocenters. The highest BCUT2D eigenvalue weighted by atomic mass is 79.9. The third kappa shape index (κ3) is 2.51. The topological polar surface area (TPSA) is 63.1 Å². The van der Waals surface area contributed by atoms with Crippen LogP contribution in [0.15, 0.2) is 29.0 Å². The SMILES string of the molecule is CCCC(C(=O)O)c1ccnc2cc(Br)cnc12. The molecule has 0 aliphatic heterocycles. The quantitative estimate of drug-likeness (QED) is 0.940. The maximum atomic E-state index is 11.3. The van der Waals surface area contributed by atoms with Gasteiger partial charge in [-0.1, -0.05) is 13.3 Å². The van der Waals surface area contributed by atoms with Gasteiger partial charge in [-0.05, 0) is 40.0 Å². The summed E-state index contributed by atoms with van der Waals surface area (Å²) in [5, 5.41) is 9.31. The molecule has 0 bridgehead atoms. The Morgan fingerprint density at radius 3 is 2.94 bits per heavy atom. The molecule has 0 saturated carbocycles. The van der Waals surface area contributed by atoms with E-state index in [2.05, 4.69) is 25.9 Å². The standard InChI is InChI=1S/C13H13BrN2O2/c1-2-3-10(13(17)18)9-4-5-15-11-6-8(14)7-16-12(9)11/h4-7,10H,2-3H2,1H3,(H,17,18). The third-order valence-electron chi connectivity index (χ3n) is 2.83. The molecule has 0 aromatic carbocycles. The number of carboxylic acids is 1. The first-order chi connectivity index (χ1) is 8.63. The number of fused-ring (bicyclic) bond motifs is 1. The highest BCUT2D eigenvalue weighted by Crippen LogP contribution is 2.27. The molecule has 94 valence electrons. The zero-order chi connectivity index (χ0) is 13.1. The monoisotopic (exact) mass is 308 g/mol. The normalized spacial score (nSPS) is 12.6. The van der Waals surface area contributed by atoms with Crippen LogP contribution in [0, 0.1) is 0 Å². The second-order valence-corrected chi connectivity index (χ2v) is 5.02. The van der Waals surface area contributed by atoms with Crippen LogP contribution in [0.4, 0.5) is 0 Å². The highest BCUT2D eigenvalue weighted by Gasteiger charge is 2.21. The lowest BCUT2D eigenvalue weighted by Gasteiger charge is -2.13. The number of hydrogen-bond acceptors (Lipinski definition) is 3. The zero-order valence-electron chi connectivity index (χ0n) is 9.93. The largest absolute Gasteiger partial charge is 0.481 e. The molecule has 4 nitrogen and oxygen atoms in total. The van der Waals surface area contributed by atoms with Gasteiger partial charge in [0.2, 0.25) is 0 Å². The summed E-state index contributed by atoms with van der Waals surface area (Å²) < 4.78 is 0.835. The number of carbonyl (C=O) groups is 1. The molecule has 2 aromatic rings. The van der Waals surface area contributed by atoms with Crippen molar-refractivity contribution in [3.63, 3.8) is 0 Å². The van der Waals surface area contributed by atoms with E-state index in [4.69, 9.17) is 0 Å². The summed E-state index contributed by atoms with van der Waals surface area (Å²) in [5.41, 5.74) is 2.12. The van der Waals surface area contributed by atoms with Crippen molar-refractivity contribution in [3.05, 3.63) is 34.6 Å². The van der Waals surface area contributed by atoms with E-state index in [0.29, 0.717) is 17.5 Å². The van der Waals surface area contributed by atoms with Gasteiger partial charge in [0.15, 0.2) is 0 Å². The molecule has 0 radical (unpaired) electrons. The Balaban J connectivity index is 2.59. The minimum atomic E-state index is -0.811. The molecule has 2 heterocycles. The van der Waals surface area contributed by atoms with E-state index >= 15 is 0 Å². The fourth-order valence-corrected chi connectivity index (χ4v) is 2.33. The van der Waals surface area contributed by atoms with Gasteiger partial charge in [-0.25, -0.2) is 0 Å². The van der Waals surface area contributed by atoms with E-state index in [1.54, 1.807) is 18.5 Å². The molecule has 1 N–H and O–H groups in total. The lowest BCUT2D eigenvalue weighted by atomic mass is 9.94. The van der Waals surface area contributed by atoms with Crippen molar-refractivity contribution in [1.82, 2.24) is 9.97 Å². The summed E-state index contributed by atoms with van der Waals surface area (Å²) in [4.78, 5) is 19.9. The van der Waals surface area contributed by atoms with E-state index in [-0.39, 0.29) is 0 Å². The Hall–Kier alpha value is -1.49. The second kappa shape index (κ2) is 5.44. The molecule has 0 aliphatic carbocycles. The van der Waals surface area contributed by atoms with Crippen LogP contribution in [0.2, 0.25) is 0 Å². The maximum absolute atomic E-state index is 11.3. The Morgan fingerprint density at radius 1 is 1.50 bits per heavy atom. The number of carboxylic acid groups (broad SMARTS) is 1. The van der Waals surface area contributed by atoms with Gasteiger partial charge in [0.25, 0.3) is 0 Å². The second-order valence-electron chi connectivity index (χ2n) is 4.10. The van der Waals surface area contributed by atoms with Crippen molar-refractivity contribution in [1.29, 1.82) is 0 Å². The Morgan fingerprint density at radius 2 is 2.28 bits per heavy atom. The number of aliphatic carboxylic acids is 1. The summed E-state index contributed by atoms with van der Waals surface area (Å²) in [7, 11) is 0. The first kappa shape index (κ1) is 13.0.